The minimum atomic E-state index is -1.07. The molecule has 104 valence electrons. The van der Waals surface area contributed by atoms with Crippen LogP contribution < -0.4 is 19.9 Å². The highest BCUT2D eigenvalue weighted by atomic mass is 35.5. The van der Waals surface area contributed by atoms with Crippen molar-refractivity contribution in [1.82, 2.24) is 0 Å². The van der Waals surface area contributed by atoms with Crippen molar-refractivity contribution < 1.29 is 24.1 Å². The van der Waals surface area contributed by atoms with Crippen molar-refractivity contribution >= 4 is 17.6 Å². The first-order chi connectivity index (χ1) is 9.10. The Balaban J connectivity index is 2.66. The number of fused-ring (bicyclic) bond motifs is 1. The molecule has 1 aromatic rings. The lowest BCUT2D eigenvalue weighted by Crippen LogP contribution is -2.25. The first kappa shape index (κ1) is 13.8. The van der Waals surface area contributed by atoms with E-state index >= 15 is 0 Å². The Bertz CT molecular complexity index is 505. The Labute approximate surface area is 115 Å². The number of rotatable bonds is 4. The molecule has 6 nitrogen and oxygen atoms in total. The van der Waals surface area contributed by atoms with Crippen molar-refractivity contribution in [2.45, 2.75) is 5.92 Å². The van der Waals surface area contributed by atoms with Crippen LogP contribution in [-0.4, -0.2) is 37.9 Å². The van der Waals surface area contributed by atoms with Crippen LogP contribution in [0, 0.1) is 0 Å². The Morgan fingerprint density at radius 3 is 2.84 bits per heavy atom. The number of aliphatic carboxylic acids is 1. The molecule has 0 fully saturated rings. The second-order valence-electron chi connectivity index (χ2n) is 3.96. The summed E-state index contributed by atoms with van der Waals surface area (Å²) < 4.78 is 16.1. The zero-order chi connectivity index (χ0) is 14.0. The van der Waals surface area contributed by atoms with Gasteiger partial charge in [0.25, 0.3) is 0 Å². The molecule has 0 bridgehead atoms. The van der Waals surface area contributed by atoms with E-state index in [1.807, 2.05) is 0 Å². The molecule has 0 radical (unpaired) electrons. The summed E-state index contributed by atoms with van der Waals surface area (Å²) in [6.07, 6.45) is 0. The number of carbonyl (C=O) groups is 1. The van der Waals surface area contributed by atoms with E-state index in [0.29, 0.717) is 30.3 Å². The molecule has 0 amide bonds. The molecule has 3 N–H and O–H groups in total. The third-order valence-electron chi connectivity index (χ3n) is 2.86. The average molecular weight is 288 g/mol. The first-order valence-corrected chi connectivity index (χ1v) is 6.06. The number of carboxylic acids is 1. The fourth-order valence-electron chi connectivity index (χ4n) is 2.03. The number of hydrogen-bond acceptors (Lipinski definition) is 5. The van der Waals surface area contributed by atoms with Crippen molar-refractivity contribution in [2.24, 2.45) is 5.73 Å². The van der Waals surface area contributed by atoms with Crippen molar-refractivity contribution in [2.75, 3.05) is 26.9 Å². The van der Waals surface area contributed by atoms with Gasteiger partial charge in [0.05, 0.1) is 17.7 Å². The molecular formula is C12H14ClNO5. The minimum absolute atomic E-state index is 0.0954. The molecule has 1 aliphatic rings. The topological polar surface area (TPSA) is 91.0 Å². The highest BCUT2D eigenvalue weighted by Crippen LogP contribution is 2.47. The fraction of sp³-hybridized carbons (Fsp3) is 0.417. The highest BCUT2D eigenvalue weighted by molar-refractivity contribution is 6.32. The molecule has 7 heteroatoms. The van der Waals surface area contributed by atoms with E-state index in [0.717, 1.165) is 0 Å². The monoisotopic (exact) mass is 287 g/mol. The van der Waals surface area contributed by atoms with E-state index in [1.165, 1.54) is 7.11 Å². The summed E-state index contributed by atoms with van der Waals surface area (Å²) in [5.74, 6) is -1.04. The van der Waals surface area contributed by atoms with Gasteiger partial charge < -0.3 is 25.1 Å². The zero-order valence-corrected chi connectivity index (χ0v) is 11.1. The summed E-state index contributed by atoms with van der Waals surface area (Å²) in [5, 5.41) is 9.53. The molecular weight excluding hydrogens is 274 g/mol. The van der Waals surface area contributed by atoms with Gasteiger partial charge in [-0.05, 0) is 0 Å². The van der Waals surface area contributed by atoms with Gasteiger partial charge in [-0.1, -0.05) is 11.6 Å². The van der Waals surface area contributed by atoms with E-state index in [-0.39, 0.29) is 17.3 Å². The van der Waals surface area contributed by atoms with Gasteiger partial charge in [-0.25, -0.2) is 0 Å². The molecule has 19 heavy (non-hydrogen) atoms. The molecule has 1 aromatic carbocycles. The maximum absolute atomic E-state index is 11.3. The fourth-order valence-corrected chi connectivity index (χ4v) is 2.31. The smallest absolute Gasteiger partial charge is 0.312 e. The summed E-state index contributed by atoms with van der Waals surface area (Å²) >= 11 is 6.08. The van der Waals surface area contributed by atoms with Crippen molar-refractivity contribution in [3.63, 3.8) is 0 Å². The molecule has 0 spiro atoms. The molecule has 0 saturated heterocycles. The van der Waals surface area contributed by atoms with Gasteiger partial charge in [0.1, 0.15) is 24.9 Å². The Hall–Kier alpha value is -1.66. The normalized spacial score (nSPS) is 14.9. The maximum Gasteiger partial charge on any atom is 0.312 e. The van der Waals surface area contributed by atoms with Gasteiger partial charge in [0.15, 0.2) is 11.5 Å². The quantitative estimate of drug-likeness (QED) is 0.866. The van der Waals surface area contributed by atoms with E-state index in [2.05, 4.69) is 0 Å². The predicted octanol–water partition coefficient (Wildman–Crippen LogP) is 1.25. The van der Waals surface area contributed by atoms with Gasteiger partial charge in [-0.3, -0.25) is 4.79 Å². The Morgan fingerprint density at radius 2 is 2.26 bits per heavy atom. The number of halogens is 1. The number of ether oxygens (including phenoxy) is 3. The van der Waals surface area contributed by atoms with Crippen molar-refractivity contribution in [3.8, 4) is 17.2 Å². The summed E-state index contributed by atoms with van der Waals surface area (Å²) in [6, 6.07) is 1.55. The van der Waals surface area contributed by atoms with E-state index in [9.17, 15) is 9.90 Å². The minimum Gasteiger partial charge on any atom is -0.495 e. The van der Waals surface area contributed by atoms with Crippen LogP contribution in [0.25, 0.3) is 0 Å². The molecule has 0 aliphatic carbocycles. The third-order valence-corrected chi connectivity index (χ3v) is 3.14. The van der Waals surface area contributed by atoms with E-state index in [4.69, 9.17) is 31.5 Å². The molecule has 1 heterocycles. The van der Waals surface area contributed by atoms with Crippen LogP contribution in [-0.2, 0) is 4.79 Å². The largest absolute Gasteiger partial charge is 0.495 e. The molecule has 1 atom stereocenters. The standard InChI is InChI=1S/C12H14ClNO5/c1-17-10-7(13)4-8-11(19-3-2-18-8)9(10)6(5-14)12(15)16/h4,6H,2-3,5,14H2,1H3,(H,15,16). The van der Waals surface area contributed by atoms with Crippen molar-refractivity contribution in [3.05, 3.63) is 16.7 Å². The van der Waals surface area contributed by atoms with Gasteiger partial charge in [0, 0.05) is 12.6 Å². The lowest BCUT2D eigenvalue weighted by atomic mass is 9.96. The van der Waals surface area contributed by atoms with Crippen LogP contribution >= 0.6 is 11.6 Å². The molecule has 1 unspecified atom stereocenters. The van der Waals surface area contributed by atoms with Crippen LogP contribution in [0.3, 0.4) is 0 Å². The number of benzene rings is 1. The number of methoxy groups -OCH3 is 1. The number of carboxylic acid groups (broad SMARTS) is 1. The molecule has 0 aromatic heterocycles. The molecule has 1 aliphatic heterocycles. The van der Waals surface area contributed by atoms with Gasteiger partial charge in [-0.2, -0.15) is 0 Å². The number of hydrogen-bond donors (Lipinski definition) is 2. The Kier molecular flexibility index (Phi) is 4.01. The van der Waals surface area contributed by atoms with E-state index < -0.39 is 11.9 Å². The lowest BCUT2D eigenvalue weighted by Gasteiger charge is -2.25. The maximum atomic E-state index is 11.3. The van der Waals surface area contributed by atoms with Crippen molar-refractivity contribution in [1.29, 1.82) is 0 Å². The third kappa shape index (κ3) is 2.41. The first-order valence-electron chi connectivity index (χ1n) is 5.69. The Morgan fingerprint density at radius 1 is 1.58 bits per heavy atom. The van der Waals surface area contributed by atoms with Crippen LogP contribution in [0.4, 0.5) is 0 Å². The molecule has 2 rings (SSSR count). The highest BCUT2D eigenvalue weighted by Gasteiger charge is 2.32. The summed E-state index contributed by atoms with van der Waals surface area (Å²) in [7, 11) is 1.41. The van der Waals surface area contributed by atoms with Crippen LogP contribution in [0.2, 0.25) is 5.02 Å². The van der Waals surface area contributed by atoms with Crippen LogP contribution in [0.1, 0.15) is 11.5 Å². The van der Waals surface area contributed by atoms with Gasteiger partial charge in [0.2, 0.25) is 0 Å². The molecule has 0 saturated carbocycles. The average Bonchev–Trinajstić information content (AvgIpc) is 2.39. The SMILES string of the molecule is COc1c(Cl)cc2c(c1C(CN)C(=O)O)OCCO2. The van der Waals surface area contributed by atoms with Crippen LogP contribution in [0.15, 0.2) is 6.07 Å². The summed E-state index contributed by atoms with van der Waals surface area (Å²) in [6.45, 7) is 0.624. The predicted molar refractivity (Wildman–Crippen MR) is 68.4 cm³/mol. The second kappa shape index (κ2) is 5.54. The zero-order valence-electron chi connectivity index (χ0n) is 10.3. The second-order valence-corrected chi connectivity index (χ2v) is 4.36. The van der Waals surface area contributed by atoms with Gasteiger partial charge in [-0.15, -0.1) is 0 Å². The lowest BCUT2D eigenvalue weighted by molar-refractivity contribution is -0.138. The van der Waals surface area contributed by atoms with E-state index in [1.54, 1.807) is 6.07 Å². The summed E-state index contributed by atoms with van der Waals surface area (Å²) in [4.78, 5) is 11.3. The number of nitrogens with two attached hydrogens (primary N) is 1. The van der Waals surface area contributed by atoms with Gasteiger partial charge >= 0.3 is 5.97 Å². The summed E-state index contributed by atoms with van der Waals surface area (Å²) in [5.41, 5.74) is 5.86. The van der Waals surface area contributed by atoms with Crippen LogP contribution in [0.5, 0.6) is 17.2 Å².